The lowest BCUT2D eigenvalue weighted by Gasteiger charge is -2.46. The van der Waals surface area contributed by atoms with Crippen LogP contribution in [0.2, 0.25) is 0 Å². The van der Waals surface area contributed by atoms with Crippen LogP contribution in [0.5, 0.6) is 0 Å². The van der Waals surface area contributed by atoms with Crippen molar-refractivity contribution >= 4 is 0 Å². The van der Waals surface area contributed by atoms with Crippen molar-refractivity contribution in [3.63, 3.8) is 0 Å². The number of benzene rings is 4. The van der Waals surface area contributed by atoms with E-state index in [1.165, 1.54) is 0 Å². The molecule has 1 saturated heterocycles. The summed E-state index contributed by atoms with van der Waals surface area (Å²) >= 11 is 0. The van der Waals surface area contributed by atoms with Gasteiger partial charge in [-0.05, 0) is 35.1 Å². The molecular weight excluding hydrogens is 564 g/mol. The van der Waals surface area contributed by atoms with Crippen molar-refractivity contribution in [3.05, 3.63) is 156 Å². The fraction of sp³-hybridized carbons (Fsp3) is 0.333. The summed E-state index contributed by atoms with van der Waals surface area (Å²) in [5.74, 6) is 0. The van der Waals surface area contributed by atoms with E-state index in [2.05, 4.69) is 43.0 Å². The topological polar surface area (TPSA) is 55.4 Å². The van der Waals surface area contributed by atoms with E-state index in [-0.39, 0.29) is 0 Å². The number of ether oxygens (including phenoxy) is 6. The highest BCUT2D eigenvalue weighted by Gasteiger charge is 2.49. The zero-order valence-corrected chi connectivity index (χ0v) is 25.8. The van der Waals surface area contributed by atoms with Gasteiger partial charge in [-0.2, -0.15) is 0 Å². The van der Waals surface area contributed by atoms with Crippen LogP contribution in [0.1, 0.15) is 35.1 Å². The lowest BCUT2D eigenvalue weighted by atomic mass is 9.97. The maximum Gasteiger partial charge on any atom is 0.186 e. The minimum atomic E-state index is -0.679. The average molecular weight is 609 g/mol. The Morgan fingerprint density at radius 1 is 0.533 bits per heavy atom. The minimum absolute atomic E-state index is 0.303. The summed E-state index contributed by atoms with van der Waals surface area (Å²) in [6, 6.07) is 40.5. The quantitative estimate of drug-likeness (QED) is 0.0854. The Morgan fingerprint density at radius 3 is 1.47 bits per heavy atom. The summed E-state index contributed by atoms with van der Waals surface area (Å²) in [6.45, 7) is 6.28. The standard InChI is InChI=1S/C39H44O6/c1-2-3-16-25-41-39-38(44-29-34-23-14-7-15-24-34)37(43-28-33-21-12-6-13-22-33)36(42-27-32-19-10-5-11-20-32)35(45-39)30-40-26-31-17-8-4-9-18-31/h2,4-15,17-24,35-39H,1,3,16,25-30H2/t35-,36-,37+,38+,39+/m1/s1. The second kappa shape index (κ2) is 18.4. The highest BCUT2D eigenvalue weighted by molar-refractivity contribution is 5.16. The minimum Gasteiger partial charge on any atom is -0.374 e. The zero-order valence-electron chi connectivity index (χ0n) is 25.8. The molecule has 4 aromatic rings. The summed E-state index contributed by atoms with van der Waals surface area (Å²) in [7, 11) is 0. The molecule has 0 bridgehead atoms. The van der Waals surface area contributed by atoms with Crippen molar-refractivity contribution in [2.45, 2.75) is 70.0 Å². The molecule has 0 spiro atoms. The highest BCUT2D eigenvalue weighted by Crippen LogP contribution is 2.32. The van der Waals surface area contributed by atoms with Gasteiger partial charge >= 0.3 is 0 Å². The zero-order chi connectivity index (χ0) is 30.9. The Balaban J connectivity index is 1.41. The van der Waals surface area contributed by atoms with Gasteiger partial charge in [-0.25, -0.2) is 0 Å². The van der Waals surface area contributed by atoms with Crippen molar-refractivity contribution in [1.29, 1.82) is 0 Å². The van der Waals surface area contributed by atoms with Gasteiger partial charge in [0.1, 0.15) is 24.4 Å². The van der Waals surface area contributed by atoms with Crippen LogP contribution in [-0.2, 0) is 54.8 Å². The first kappa shape index (κ1) is 32.8. The van der Waals surface area contributed by atoms with Crippen molar-refractivity contribution in [2.75, 3.05) is 13.2 Å². The molecule has 4 aromatic carbocycles. The van der Waals surface area contributed by atoms with Crippen molar-refractivity contribution in [1.82, 2.24) is 0 Å². The molecule has 5 atom stereocenters. The molecule has 1 aliphatic rings. The molecule has 1 fully saturated rings. The van der Waals surface area contributed by atoms with Crippen LogP contribution in [0, 0.1) is 0 Å². The summed E-state index contributed by atoms with van der Waals surface area (Å²) in [4.78, 5) is 0. The van der Waals surface area contributed by atoms with E-state index >= 15 is 0 Å². The number of hydrogen-bond acceptors (Lipinski definition) is 6. The highest BCUT2D eigenvalue weighted by atomic mass is 16.7. The van der Waals surface area contributed by atoms with Crippen LogP contribution in [0.15, 0.2) is 134 Å². The van der Waals surface area contributed by atoms with Crippen LogP contribution in [0.4, 0.5) is 0 Å². The molecule has 5 rings (SSSR count). The van der Waals surface area contributed by atoms with Crippen LogP contribution in [-0.4, -0.2) is 43.9 Å². The molecule has 6 heteroatoms. The van der Waals surface area contributed by atoms with Gasteiger partial charge in [-0.3, -0.25) is 0 Å². The summed E-state index contributed by atoms with van der Waals surface area (Å²) < 4.78 is 39.4. The van der Waals surface area contributed by atoms with Gasteiger partial charge < -0.3 is 28.4 Å². The van der Waals surface area contributed by atoms with Crippen molar-refractivity contribution in [3.8, 4) is 0 Å². The lowest BCUT2D eigenvalue weighted by molar-refractivity contribution is -0.328. The van der Waals surface area contributed by atoms with Gasteiger partial charge in [-0.15, -0.1) is 6.58 Å². The second-order valence-electron chi connectivity index (χ2n) is 11.1. The number of unbranched alkanes of at least 4 members (excludes halogenated alkanes) is 1. The molecule has 0 saturated carbocycles. The fourth-order valence-corrected chi connectivity index (χ4v) is 5.31. The number of hydrogen-bond donors (Lipinski definition) is 0. The number of allylic oxidation sites excluding steroid dienone is 1. The van der Waals surface area contributed by atoms with Gasteiger partial charge in [0.05, 0.1) is 39.6 Å². The Hall–Kier alpha value is -3.62. The average Bonchev–Trinajstić information content (AvgIpc) is 3.10. The first-order valence-electron chi connectivity index (χ1n) is 15.8. The normalized spacial score (nSPS) is 21.4. The van der Waals surface area contributed by atoms with E-state index in [1.54, 1.807) is 0 Å². The van der Waals surface area contributed by atoms with Gasteiger partial charge in [0, 0.05) is 0 Å². The van der Waals surface area contributed by atoms with E-state index in [9.17, 15) is 0 Å². The molecule has 0 unspecified atom stereocenters. The van der Waals surface area contributed by atoms with Gasteiger partial charge in [0.2, 0.25) is 0 Å². The molecule has 0 aromatic heterocycles. The fourth-order valence-electron chi connectivity index (χ4n) is 5.31. The molecule has 0 aliphatic carbocycles. The van der Waals surface area contributed by atoms with E-state index in [1.807, 2.05) is 91.0 Å². The maximum absolute atomic E-state index is 6.74. The van der Waals surface area contributed by atoms with E-state index in [4.69, 9.17) is 28.4 Å². The van der Waals surface area contributed by atoms with E-state index in [0.29, 0.717) is 39.6 Å². The summed E-state index contributed by atoms with van der Waals surface area (Å²) in [5, 5.41) is 0. The molecule has 0 N–H and O–H groups in total. The summed E-state index contributed by atoms with van der Waals surface area (Å²) in [5.41, 5.74) is 4.27. The van der Waals surface area contributed by atoms with Crippen LogP contribution >= 0.6 is 0 Å². The lowest BCUT2D eigenvalue weighted by Crippen LogP contribution is -2.61. The Kier molecular flexibility index (Phi) is 13.4. The molecular formula is C39H44O6. The van der Waals surface area contributed by atoms with E-state index in [0.717, 1.165) is 35.1 Å². The molecule has 45 heavy (non-hydrogen) atoms. The Bertz CT molecular complexity index is 1350. The Morgan fingerprint density at radius 2 is 0.978 bits per heavy atom. The van der Waals surface area contributed by atoms with Gasteiger partial charge in [-0.1, -0.05) is 127 Å². The molecule has 1 aliphatic heterocycles. The van der Waals surface area contributed by atoms with Crippen LogP contribution < -0.4 is 0 Å². The third-order valence-corrected chi connectivity index (χ3v) is 7.68. The summed E-state index contributed by atoms with van der Waals surface area (Å²) in [6.07, 6.45) is 0.896. The van der Waals surface area contributed by atoms with Gasteiger partial charge in [0.15, 0.2) is 6.29 Å². The second-order valence-corrected chi connectivity index (χ2v) is 11.1. The smallest absolute Gasteiger partial charge is 0.186 e. The third-order valence-electron chi connectivity index (χ3n) is 7.68. The van der Waals surface area contributed by atoms with Crippen LogP contribution in [0.25, 0.3) is 0 Å². The number of rotatable bonds is 18. The predicted molar refractivity (Wildman–Crippen MR) is 175 cm³/mol. The molecule has 0 radical (unpaired) electrons. The molecule has 1 heterocycles. The van der Waals surface area contributed by atoms with Crippen molar-refractivity contribution in [2.24, 2.45) is 0 Å². The molecule has 6 nitrogen and oxygen atoms in total. The Labute approximate surface area is 267 Å². The van der Waals surface area contributed by atoms with E-state index < -0.39 is 30.7 Å². The molecule has 236 valence electrons. The first-order chi connectivity index (χ1) is 22.3. The SMILES string of the molecule is C=CCCCO[C@H]1O[C@H](COCc2ccccc2)[C@@H](OCc2ccccc2)[C@H](OCc2ccccc2)[C@@H]1OCc1ccccc1. The van der Waals surface area contributed by atoms with Crippen molar-refractivity contribution < 1.29 is 28.4 Å². The van der Waals surface area contributed by atoms with Gasteiger partial charge in [0.25, 0.3) is 0 Å². The predicted octanol–water partition coefficient (Wildman–Crippen LogP) is 7.67. The molecule has 0 amide bonds. The van der Waals surface area contributed by atoms with Crippen LogP contribution in [0.3, 0.4) is 0 Å². The largest absolute Gasteiger partial charge is 0.374 e. The maximum atomic E-state index is 6.74. The monoisotopic (exact) mass is 608 g/mol. The first-order valence-corrected chi connectivity index (χ1v) is 15.8. The third kappa shape index (κ3) is 10.5.